The summed E-state index contributed by atoms with van der Waals surface area (Å²) in [6.45, 7) is 1.85. The Morgan fingerprint density at radius 1 is 1.23 bits per heavy atom. The molecule has 22 heavy (non-hydrogen) atoms. The summed E-state index contributed by atoms with van der Waals surface area (Å²) in [5.74, 6) is -0.441. The van der Waals surface area contributed by atoms with Crippen LogP contribution < -0.4 is 11.1 Å². The molecule has 1 amide bonds. The van der Waals surface area contributed by atoms with Gasteiger partial charge in [-0.2, -0.15) is 0 Å². The van der Waals surface area contributed by atoms with Gasteiger partial charge >= 0.3 is 0 Å². The van der Waals surface area contributed by atoms with Gasteiger partial charge < -0.3 is 11.1 Å². The van der Waals surface area contributed by atoms with Gasteiger partial charge in [0.2, 0.25) is 5.91 Å². The zero-order valence-corrected chi connectivity index (χ0v) is 12.2. The molecule has 2 heterocycles. The Labute approximate surface area is 128 Å². The van der Waals surface area contributed by atoms with E-state index in [1.807, 2.05) is 0 Å². The van der Waals surface area contributed by atoms with Crippen molar-refractivity contribution in [2.24, 2.45) is 5.73 Å². The van der Waals surface area contributed by atoms with Crippen LogP contribution in [0.1, 0.15) is 34.7 Å². The second-order valence-corrected chi connectivity index (χ2v) is 5.55. The largest absolute Gasteiger partial charge is 0.366 e. The van der Waals surface area contributed by atoms with Crippen LogP contribution in [0, 0.1) is 5.82 Å². The number of aromatic nitrogens is 1. The zero-order valence-electron chi connectivity index (χ0n) is 12.2. The first kappa shape index (κ1) is 14.7. The molecule has 1 fully saturated rings. The number of rotatable bonds is 3. The van der Waals surface area contributed by atoms with Crippen molar-refractivity contribution in [3.8, 4) is 11.3 Å². The van der Waals surface area contributed by atoms with Crippen LogP contribution in [0.3, 0.4) is 0 Å². The fraction of sp³-hybridized carbons (Fsp3) is 0.294. The molecule has 1 aromatic heterocycles. The second kappa shape index (κ2) is 6.23. The Morgan fingerprint density at radius 2 is 2.00 bits per heavy atom. The number of benzene rings is 1. The van der Waals surface area contributed by atoms with E-state index >= 15 is 0 Å². The maximum absolute atomic E-state index is 13.7. The highest BCUT2D eigenvalue weighted by molar-refractivity contribution is 5.93. The third-order valence-electron chi connectivity index (χ3n) is 4.11. The summed E-state index contributed by atoms with van der Waals surface area (Å²) in [5, 5.41) is 3.31. The number of nitrogens with one attached hydrogen (secondary N) is 1. The molecule has 0 atom stereocenters. The maximum atomic E-state index is 13.7. The van der Waals surface area contributed by atoms with Gasteiger partial charge in [-0.05, 0) is 67.7 Å². The lowest BCUT2D eigenvalue weighted by Crippen LogP contribution is -2.27. The van der Waals surface area contributed by atoms with Crippen LogP contribution in [-0.4, -0.2) is 24.0 Å². The van der Waals surface area contributed by atoms with Gasteiger partial charge in [-0.1, -0.05) is 0 Å². The number of piperidine rings is 1. The van der Waals surface area contributed by atoms with Crippen molar-refractivity contribution in [2.45, 2.75) is 18.8 Å². The van der Waals surface area contributed by atoms with Gasteiger partial charge in [0.1, 0.15) is 5.82 Å². The third kappa shape index (κ3) is 2.99. The molecule has 0 radical (unpaired) electrons. The highest BCUT2D eigenvalue weighted by Crippen LogP contribution is 2.34. The average Bonchev–Trinajstić information content (AvgIpc) is 2.55. The summed E-state index contributed by atoms with van der Waals surface area (Å²) < 4.78 is 13.7. The van der Waals surface area contributed by atoms with E-state index in [9.17, 15) is 9.18 Å². The monoisotopic (exact) mass is 299 g/mol. The number of hydrogen-bond acceptors (Lipinski definition) is 3. The number of carbonyl (C=O) groups excluding carboxylic acids is 1. The Kier molecular flexibility index (Phi) is 4.15. The Morgan fingerprint density at radius 3 is 2.73 bits per heavy atom. The van der Waals surface area contributed by atoms with Crippen LogP contribution in [0.25, 0.3) is 11.3 Å². The van der Waals surface area contributed by atoms with Gasteiger partial charge in [0.25, 0.3) is 0 Å². The fourth-order valence-corrected chi connectivity index (χ4v) is 2.97. The molecular weight excluding hydrogens is 281 g/mol. The predicted molar refractivity (Wildman–Crippen MR) is 83.0 cm³/mol. The highest BCUT2D eigenvalue weighted by Gasteiger charge is 2.20. The summed E-state index contributed by atoms with van der Waals surface area (Å²) >= 11 is 0. The number of nitrogens with zero attached hydrogens (tertiary/aromatic N) is 1. The van der Waals surface area contributed by atoms with Crippen molar-refractivity contribution in [1.82, 2.24) is 10.3 Å². The highest BCUT2D eigenvalue weighted by atomic mass is 19.1. The number of carbonyl (C=O) groups is 1. The Balaban J connectivity index is 2.06. The van der Waals surface area contributed by atoms with Gasteiger partial charge in [0, 0.05) is 17.3 Å². The smallest absolute Gasteiger partial charge is 0.248 e. The SMILES string of the molecule is NC(=O)c1ccnc(-c2ccc(F)cc2C2CCNCC2)c1. The molecule has 1 aliphatic rings. The van der Waals surface area contributed by atoms with E-state index in [1.54, 1.807) is 30.5 Å². The second-order valence-electron chi connectivity index (χ2n) is 5.55. The van der Waals surface area contributed by atoms with Crippen molar-refractivity contribution >= 4 is 5.91 Å². The first-order chi connectivity index (χ1) is 10.6. The lowest BCUT2D eigenvalue weighted by atomic mass is 9.86. The summed E-state index contributed by atoms with van der Waals surface area (Å²) in [6, 6.07) is 8.00. The van der Waals surface area contributed by atoms with Crippen molar-refractivity contribution in [3.05, 3.63) is 53.5 Å². The van der Waals surface area contributed by atoms with Gasteiger partial charge in [-0.25, -0.2) is 4.39 Å². The number of halogens is 1. The molecule has 0 aliphatic carbocycles. The van der Waals surface area contributed by atoms with E-state index in [0.717, 1.165) is 37.1 Å². The van der Waals surface area contributed by atoms with E-state index in [4.69, 9.17) is 5.73 Å². The van der Waals surface area contributed by atoms with Crippen LogP contribution in [0.5, 0.6) is 0 Å². The van der Waals surface area contributed by atoms with Crippen molar-refractivity contribution in [3.63, 3.8) is 0 Å². The van der Waals surface area contributed by atoms with Crippen LogP contribution in [-0.2, 0) is 0 Å². The predicted octanol–water partition coefficient (Wildman–Crippen LogP) is 2.45. The molecule has 2 aromatic rings. The van der Waals surface area contributed by atoms with Crippen LogP contribution in [0.4, 0.5) is 4.39 Å². The summed E-state index contributed by atoms with van der Waals surface area (Å²) in [6.07, 6.45) is 3.49. The number of hydrogen-bond donors (Lipinski definition) is 2. The lowest BCUT2D eigenvalue weighted by molar-refractivity contribution is 0.1000. The number of nitrogens with two attached hydrogens (primary N) is 1. The van der Waals surface area contributed by atoms with Crippen molar-refractivity contribution in [1.29, 1.82) is 0 Å². The van der Waals surface area contributed by atoms with E-state index in [0.29, 0.717) is 17.2 Å². The number of primary amides is 1. The quantitative estimate of drug-likeness (QED) is 0.914. The minimum Gasteiger partial charge on any atom is -0.366 e. The fourth-order valence-electron chi connectivity index (χ4n) is 2.97. The first-order valence-corrected chi connectivity index (χ1v) is 7.41. The van der Waals surface area contributed by atoms with Crippen molar-refractivity contribution in [2.75, 3.05) is 13.1 Å². The maximum Gasteiger partial charge on any atom is 0.248 e. The third-order valence-corrected chi connectivity index (χ3v) is 4.11. The number of amides is 1. The van der Waals surface area contributed by atoms with Crippen LogP contribution >= 0.6 is 0 Å². The zero-order chi connectivity index (χ0) is 15.5. The van der Waals surface area contributed by atoms with E-state index in [2.05, 4.69) is 10.3 Å². The Bertz CT molecular complexity index is 696. The topological polar surface area (TPSA) is 68.0 Å². The van der Waals surface area contributed by atoms with Crippen LogP contribution in [0.2, 0.25) is 0 Å². The molecule has 1 aliphatic heterocycles. The van der Waals surface area contributed by atoms with E-state index in [1.165, 1.54) is 6.07 Å². The Hall–Kier alpha value is -2.27. The molecule has 0 unspecified atom stereocenters. The minimum absolute atomic E-state index is 0.247. The molecule has 114 valence electrons. The van der Waals surface area contributed by atoms with Gasteiger partial charge in [-0.15, -0.1) is 0 Å². The average molecular weight is 299 g/mol. The molecular formula is C17H18FN3O. The van der Waals surface area contributed by atoms with E-state index in [-0.39, 0.29) is 5.82 Å². The summed E-state index contributed by atoms with van der Waals surface area (Å²) in [5.41, 5.74) is 8.22. The molecule has 0 bridgehead atoms. The van der Waals surface area contributed by atoms with Gasteiger partial charge in [-0.3, -0.25) is 9.78 Å². The number of pyridine rings is 1. The van der Waals surface area contributed by atoms with Crippen LogP contribution in [0.15, 0.2) is 36.5 Å². The van der Waals surface area contributed by atoms with Crippen molar-refractivity contribution < 1.29 is 9.18 Å². The first-order valence-electron chi connectivity index (χ1n) is 7.41. The minimum atomic E-state index is -0.492. The molecule has 1 aromatic carbocycles. The summed E-state index contributed by atoms with van der Waals surface area (Å²) in [4.78, 5) is 15.7. The molecule has 0 spiro atoms. The normalized spacial score (nSPS) is 15.7. The molecule has 5 heteroatoms. The molecule has 4 nitrogen and oxygen atoms in total. The van der Waals surface area contributed by atoms with Gasteiger partial charge in [0.05, 0.1) is 5.69 Å². The summed E-state index contributed by atoms with van der Waals surface area (Å²) in [7, 11) is 0. The molecule has 1 saturated heterocycles. The molecule has 0 saturated carbocycles. The van der Waals surface area contributed by atoms with E-state index < -0.39 is 5.91 Å². The standard InChI is InChI=1S/C17H18FN3O/c18-13-1-2-14(15(10-13)11-3-6-20-7-4-11)16-9-12(17(19)22)5-8-21-16/h1-2,5,8-11,20H,3-4,6-7H2,(H2,19,22). The lowest BCUT2D eigenvalue weighted by Gasteiger charge is -2.25. The van der Waals surface area contributed by atoms with Gasteiger partial charge in [0.15, 0.2) is 0 Å². The molecule has 3 rings (SSSR count). The molecule has 3 N–H and O–H groups in total.